The summed E-state index contributed by atoms with van der Waals surface area (Å²) in [7, 11) is 0. The molecule has 0 bridgehead atoms. The average Bonchev–Trinajstić information content (AvgIpc) is 2.26. The highest BCUT2D eigenvalue weighted by molar-refractivity contribution is 5.76. The van der Waals surface area contributed by atoms with Crippen LogP contribution in [-0.4, -0.2) is 24.0 Å². The van der Waals surface area contributed by atoms with E-state index in [0.717, 1.165) is 17.9 Å². The number of hydrogen-bond donors (Lipinski definition) is 2. The smallest absolute Gasteiger partial charge is 0.221 e. The lowest BCUT2D eigenvalue weighted by molar-refractivity contribution is -0.120. The molecule has 0 aliphatic heterocycles. The number of anilines is 1. The van der Waals surface area contributed by atoms with E-state index in [1.54, 1.807) is 6.20 Å². The van der Waals surface area contributed by atoms with E-state index in [4.69, 9.17) is 0 Å². The first-order chi connectivity index (χ1) is 8.08. The number of carbonyl (C=O) groups excluding carboxylic acids is 1. The van der Waals surface area contributed by atoms with Crippen LogP contribution in [-0.2, 0) is 4.79 Å². The Morgan fingerprint density at radius 1 is 1.47 bits per heavy atom. The van der Waals surface area contributed by atoms with Gasteiger partial charge in [0.15, 0.2) is 0 Å². The van der Waals surface area contributed by atoms with Crippen molar-refractivity contribution in [1.29, 1.82) is 0 Å². The molecule has 0 aromatic carbocycles. The van der Waals surface area contributed by atoms with Crippen LogP contribution in [0.15, 0.2) is 18.3 Å². The molecule has 0 aliphatic carbocycles. The van der Waals surface area contributed by atoms with E-state index in [1.165, 1.54) is 0 Å². The van der Waals surface area contributed by atoms with Gasteiger partial charge in [-0.3, -0.25) is 9.78 Å². The van der Waals surface area contributed by atoms with Gasteiger partial charge in [0.05, 0.1) is 0 Å². The third kappa shape index (κ3) is 5.90. The maximum absolute atomic E-state index is 11.4. The molecular formula is C13H21N3O. The molecule has 2 N–H and O–H groups in total. The minimum atomic E-state index is 0.0944. The molecule has 0 saturated carbocycles. The molecule has 94 valence electrons. The Bertz CT molecular complexity index is 363. The van der Waals surface area contributed by atoms with Gasteiger partial charge < -0.3 is 10.6 Å². The zero-order valence-corrected chi connectivity index (χ0v) is 10.8. The predicted molar refractivity (Wildman–Crippen MR) is 69.9 cm³/mol. The van der Waals surface area contributed by atoms with E-state index in [1.807, 2.05) is 19.1 Å². The second kappa shape index (κ2) is 6.89. The fourth-order valence-electron chi connectivity index (χ4n) is 1.38. The molecule has 0 saturated heterocycles. The number of nitrogens with zero attached hydrogens (tertiary/aromatic N) is 1. The first-order valence-electron chi connectivity index (χ1n) is 6.01. The van der Waals surface area contributed by atoms with Gasteiger partial charge in [-0.25, -0.2) is 0 Å². The Kier molecular flexibility index (Phi) is 5.46. The third-order valence-electron chi connectivity index (χ3n) is 2.29. The van der Waals surface area contributed by atoms with Crippen LogP contribution in [0.2, 0.25) is 0 Å². The molecule has 4 nitrogen and oxygen atoms in total. The zero-order chi connectivity index (χ0) is 12.7. The quantitative estimate of drug-likeness (QED) is 0.792. The van der Waals surface area contributed by atoms with E-state index in [0.29, 0.717) is 18.9 Å². The summed E-state index contributed by atoms with van der Waals surface area (Å²) in [5.41, 5.74) is 1.98. The number of pyridine rings is 1. The van der Waals surface area contributed by atoms with Crippen molar-refractivity contribution >= 4 is 11.6 Å². The third-order valence-corrected chi connectivity index (χ3v) is 2.29. The number of carbonyl (C=O) groups is 1. The van der Waals surface area contributed by atoms with Gasteiger partial charge in [-0.2, -0.15) is 0 Å². The summed E-state index contributed by atoms with van der Waals surface area (Å²) in [5.74, 6) is 0.590. The van der Waals surface area contributed by atoms with Gasteiger partial charge in [0, 0.05) is 37.1 Å². The van der Waals surface area contributed by atoms with E-state index >= 15 is 0 Å². The Balaban J connectivity index is 2.21. The van der Waals surface area contributed by atoms with Gasteiger partial charge >= 0.3 is 0 Å². The van der Waals surface area contributed by atoms with Crippen LogP contribution in [0.1, 0.15) is 26.0 Å². The highest BCUT2D eigenvalue weighted by Gasteiger charge is 2.01. The van der Waals surface area contributed by atoms with Crippen LogP contribution in [0.5, 0.6) is 0 Å². The molecule has 17 heavy (non-hydrogen) atoms. The number of rotatable bonds is 6. The molecule has 0 spiro atoms. The van der Waals surface area contributed by atoms with Gasteiger partial charge in [-0.15, -0.1) is 0 Å². The van der Waals surface area contributed by atoms with Crippen LogP contribution in [0.4, 0.5) is 5.69 Å². The van der Waals surface area contributed by atoms with E-state index < -0.39 is 0 Å². The summed E-state index contributed by atoms with van der Waals surface area (Å²) in [6.07, 6.45) is 2.25. The lowest BCUT2D eigenvalue weighted by Gasteiger charge is -2.09. The molecule has 1 rings (SSSR count). The summed E-state index contributed by atoms with van der Waals surface area (Å²) in [6.45, 7) is 7.50. The number of hydrogen-bond acceptors (Lipinski definition) is 3. The Labute approximate surface area is 103 Å². The molecule has 0 unspecified atom stereocenters. The molecule has 1 aromatic heterocycles. The van der Waals surface area contributed by atoms with Crippen molar-refractivity contribution < 1.29 is 4.79 Å². The highest BCUT2D eigenvalue weighted by atomic mass is 16.1. The van der Waals surface area contributed by atoms with Gasteiger partial charge in [-0.1, -0.05) is 13.8 Å². The lowest BCUT2D eigenvalue weighted by Crippen LogP contribution is -2.28. The predicted octanol–water partition coefficient (Wildman–Crippen LogP) is 1.96. The lowest BCUT2D eigenvalue weighted by atomic mass is 10.2. The number of amides is 1. The van der Waals surface area contributed by atoms with Gasteiger partial charge in [0.2, 0.25) is 5.91 Å². The SMILES string of the molecule is Cc1cc(NCCC(=O)NCC(C)C)ccn1. The summed E-state index contributed by atoms with van der Waals surface area (Å²) >= 11 is 0. The van der Waals surface area contributed by atoms with Crippen LogP contribution in [0, 0.1) is 12.8 Å². The monoisotopic (exact) mass is 235 g/mol. The minimum Gasteiger partial charge on any atom is -0.384 e. The fraction of sp³-hybridized carbons (Fsp3) is 0.538. The molecule has 0 fully saturated rings. The van der Waals surface area contributed by atoms with Crippen molar-refractivity contribution in [2.75, 3.05) is 18.4 Å². The zero-order valence-electron chi connectivity index (χ0n) is 10.8. The maximum Gasteiger partial charge on any atom is 0.221 e. The molecule has 4 heteroatoms. The van der Waals surface area contributed by atoms with Crippen LogP contribution in [0.3, 0.4) is 0 Å². The Hall–Kier alpha value is -1.58. The van der Waals surface area contributed by atoms with Crippen molar-refractivity contribution in [1.82, 2.24) is 10.3 Å². The van der Waals surface area contributed by atoms with Crippen molar-refractivity contribution in [3.05, 3.63) is 24.0 Å². The van der Waals surface area contributed by atoms with Crippen molar-refractivity contribution in [2.45, 2.75) is 27.2 Å². The first-order valence-corrected chi connectivity index (χ1v) is 6.01. The molecule has 1 aromatic rings. The van der Waals surface area contributed by atoms with E-state index in [2.05, 4.69) is 29.5 Å². The van der Waals surface area contributed by atoms with Crippen LogP contribution >= 0.6 is 0 Å². The normalized spacial score (nSPS) is 10.4. The summed E-state index contributed by atoms with van der Waals surface area (Å²) in [6, 6.07) is 3.87. The topological polar surface area (TPSA) is 54.0 Å². The van der Waals surface area contributed by atoms with Crippen LogP contribution < -0.4 is 10.6 Å². The van der Waals surface area contributed by atoms with Crippen molar-refractivity contribution in [2.24, 2.45) is 5.92 Å². The average molecular weight is 235 g/mol. The largest absolute Gasteiger partial charge is 0.384 e. The van der Waals surface area contributed by atoms with Crippen LogP contribution in [0.25, 0.3) is 0 Å². The van der Waals surface area contributed by atoms with Crippen molar-refractivity contribution in [3.63, 3.8) is 0 Å². The minimum absolute atomic E-state index is 0.0944. The van der Waals surface area contributed by atoms with Gasteiger partial charge in [0.25, 0.3) is 0 Å². The molecule has 0 aliphatic rings. The fourth-order valence-corrected chi connectivity index (χ4v) is 1.38. The van der Waals surface area contributed by atoms with Crippen molar-refractivity contribution in [3.8, 4) is 0 Å². The number of aryl methyl sites for hydroxylation is 1. The summed E-state index contributed by atoms with van der Waals surface area (Å²) in [5, 5.41) is 6.09. The summed E-state index contributed by atoms with van der Waals surface area (Å²) < 4.78 is 0. The maximum atomic E-state index is 11.4. The molecule has 0 radical (unpaired) electrons. The molecular weight excluding hydrogens is 214 g/mol. The van der Waals surface area contributed by atoms with Gasteiger partial charge in [-0.05, 0) is 25.0 Å². The second-order valence-corrected chi connectivity index (χ2v) is 4.56. The van der Waals surface area contributed by atoms with E-state index in [9.17, 15) is 4.79 Å². The second-order valence-electron chi connectivity index (χ2n) is 4.56. The first kappa shape index (κ1) is 13.5. The highest BCUT2D eigenvalue weighted by Crippen LogP contribution is 2.06. The number of aromatic nitrogens is 1. The molecule has 1 amide bonds. The Morgan fingerprint density at radius 3 is 2.88 bits per heavy atom. The van der Waals surface area contributed by atoms with Gasteiger partial charge in [0.1, 0.15) is 0 Å². The summed E-state index contributed by atoms with van der Waals surface area (Å²) in [4.78, 5) is 15.6. The number of nitrogens with one attached hydrogen (secondary N) is 2. The van der Waals surface area contributed by atoms with E-state index in [-0.39, 0.29) is 5.91 Å². The molecule has 0 atom stereocenters. The molecule has 1 heterocycles. The Morgan fingerprint density at radius 2 is 2.24 bits per heavy atom. The standard InChI is InChI=1S/C13H21N3O/c1-10(2)9-16-13(17)5-7-15-12-4-6-14-11(3)8-12/h4,6,8,10H,5,7,9H2,1-3H3,(H,14,15)(H,16,17).